The van der Waals surface area contributed by atoms with Gasteiger partial charge in [0.1, 0.15) is 17.9 Å². The first-order chi connectivity index (χ1) is 14.3. The third-order valence-corrected chi connectivity index (χ3v) is 4.81. The Kier molecular flexibility index (Phi) is 8.84. The van der Waals surface area contributed by atoms with Crippen molar-refractivity contribution in [2.45, 2.75) is 19.9 Å². The van der Waals surface area contributed by atoms with Crippen LogP contribution < -0.4 is 15.5 Å². The highest BCUT2D eigenvalue weighted by molar-refractivity contribution is 9.10. The maximum Gasteiger partial charge on any atom is 0.262 e. The first-order valence-corrected chi connectivity index (χ1v) is 10.2. The van der Waals surface area contributed by atoms with Crippen LogP contribution in [0.3, 0.4) is 0 Å². The van der Waals surface area contributed by atoms with Gasteiger partial charge >= 0.3 is 0 Å². The van der Waals surface area contributed by atoms with Gasteiger partial charge in [-0.05, 0) is 63.8 Å². The summed E-state index contributed by atoms with van der Waals surface area (Å²) >= 11 is 9.27. The third kappa shape index (κ3) is 6.87. The second-order valence-electron chi connectivity index (χ2n) is 6.58. The zero-order valence-electron chi connectivity index (χ0n) is 16.4. The Morgan fingerprint density at radius 1 is 1.30 bits per heavy atom. The van der Waals surface area contributed by atoms with Gasteiger partial charge in [-0.25, -0.2) is 5.43 Å². The van der Waals surface area contributed by atoms with Crippen LogP contribution in [0.5, 0.6) is 5.75 Å². The molecule has 30 heavy (non-hydrogen) atoms. The molecule has 2 amide bonds. The summed E-state index contributed by atoms with van der Waals surface area (Å²) in [6, 6.07) is 12.8. The number of carbonyl (C=O) groups excluding carboxylic acids is 2. The van der Waals surface area contributed by atoms with E-state index in [-0.39, 0.29) is 12.5 Å². The number of nitrogens with zero attached hydrogens (tertiary/aromatic N) is 2. The number of amides is 2. The molecule has 0 radical (unpaired) electrons. The van der Waals surface area contributed by atoms with Crippen LogP contribution in [-0.2, 0) is 4.79 Å². The molecule has 1 atom stereocenters. The van der Waals surface area contributed by atoms with E-state index in [0.29, 0.717) is 26.4 Å². The van der Waals surface area contributed by atoms with E-state index < -0.39 is 17.9 Å². The predicted molar refractivity (Wildman–Crippen MR) is 119 cm³/mol. The summed E-state index contributed by atoms with van der Waals surface area (Å²) in [6.45, 7) is 3.59. The smallest absolute Gasteiger partial charge is 0.262 e. The average molecular weight is 492 g/mol. The summed E-state index contributed by atoms with van der Waals surface area (Å²) in [7, 11) is 0. The van der Waals surface area contributed by atoms with E-state index >= 15 is 0 Å². The monoisotopic (exact) mass is 490 g/mol. The first-order valence-electron chi connectivity index (χ1n) is 9.00. The summed E-state index contributed by atoms with van der Waals surface area (Å²) in [5.74, 6) is -0.465. The Hall–Kier alpha value is -2.89. The molecule has 0 fully saturated rings. The molecule has 7 nitrogen and oxygen atoms in total. The number of ether oxygens (including phenoxy) is 1. The minimum absolute atomic E-state index is 0.0560. The van der Waals surface area contributed by atoms with Gasteiger partial charge in [-0.3, -0.25) is 9.59 Å². The van der Waals surface area contributed by atoms with Gasteiger partial charge in [-0.2, -0.15) is 10.4 Å². The molecule has 2 aromatic rings. The largest absolute Gasteiger partial charge is 0.478 e. The molecule has 0 bridgehead atoms. The lowest BCUT2D eigenvalue weighted by Gasteiger charge is -2.20. The predicted octanol–water partition coefficient (Wildman–Crippen LogP) is 3.91. The van der Waals surface area contributed by atoms with Gasteiger partial charge < -0.3 is 10.1 Å². The van der Waals surface area contributed by atoms with Gasteiger partial charge in [-0.1, -0.05) is 31.5 Å². The molecular formula is C21H20BrClN4O3. The SMILES string of the molecule is CC(C)C(NC(=O)c1cccc(Cl)c1)C(=O)N/N=C\c1ccc(OCC#N)c(Br)c1. The van der Waals surface area contributed by atoms with Crippen molar-refractivity contribution in [3.8, 4) is 11.8 Å². The number of carbonyl (C=O) groups is 2. The topological polar surface area (TPSA) is 104 Å². The van der Waals surface area contributed by atoms with E-state index in [1.807, 2.05) is 19.9 Å². The van der Waals surface area contributed by atoms with Crippen molar-refractivity contribution >= 4 is 45.6 Å². The second-order valence-corrected chi connectivity index (χ2v) is 7.87. The second kappa shape index (κ2) is 11.3. The zero-order valence-corrected chi connectivity index (χ0v) is 18.7. The molecule has 1 unspecified atom stereocenters. The Morgan fingerprint density at radius 3 is 2.70 bits per heavy atom. The molecule has 0 saturated carbocycles. The van der Waals surface area contributed by atoms with Crippen molar-refractivity contribution in [2.24, 2.45) is 11.0 Å². The maximum absolute atomic E-state index is 12.5. The molecule has 2 N–H and O–H groups in total. The lowest BCUT2D eigenvalue weighted by molar-refractivity contribution is -0.123. The molecule has 9 heteroatoms. The van der Waals surface area contributed by atoms with Crippen LogP contribution in [0.1, 0.15) is 29.8 Å². The van der Waals surface area contributed by atoms with Gasteiger partial charge in [0, 0.05) is 10.6 Å². The highest BCUT2D eigenvalue weighted by Crippen LogP contribution is 2.25. The average Bonchev–Trinajstić information content (AvgIpc) is 2.70. The van der Waals surface area contributed by atoms with Crippen molar-refractivity contribution in [2.75, 3.05) is 6.61 Å². The summed E-state index contributed by atoms with van der Waals surface area (Å²) < 4.78 is 5.91. The molecule has 2 rings (SSSR count). The quantitative estimate of drug-likeness (QED) is 0.431. The minimum atomic E-state index is -0.776. The van der Waals surface area contributed by atoms with E-state index in [1.54, 1.807) is 36.4 Å². The van der Waals surface area contributed by atoms with Crippen molar-refractivity contribution in [1.82, 2.24) is 10.7 Å². The van der Waals surface area contributed by atoms with Gasteiger partial charge in [0.2, 0.25) is 0 Å². The van der Waals surface area contributed by atoms with Crippen LogP contribution in [0.2, 0.25) is 5.02 Å². The van der Waals surface area contributed by atoms with E-state index in [9.17, 15) is 9.59 Å². The molecule has 2 aromatic carbocycles. The summed E-state index contributed by atoms with van der Waals surface area (Å²) in [5, 5.41) is 15.7. The van der Waals surface area contributed by atoms with Crippen molar-refractivity contribution in [1.29, 1.82) is 5.26 Å². The number of rotatable bonds is 8. The van der Waals surface area contributed by atoms with E-state index in [1.165, 1.54) is 12.3 Å². The molecule has 0 aromatic heterocycles. The number of hydrogen-bond acceptors (Lipinski definition) is 5. The fourth-order valence-corrected chi connectivity index (χ4v) is 3.15. The highest BCUT2D eigenvalue weighted by atomic mass is 79.9. The molecule has 0 spiro atoms. The van der Waals surface area contributed by atoms with Crippen LogP contribution in [0.15, 0.2) is 52.0 Å². The van der Waals surface area contributed by atoms with Crippen LogP contribution >= 0.6 is 27.5 Å². The molecule has 0 heterocycles. The van der Waals surface area contributed by atoms with E-state index in [2.05, 4.69) is 31.8 Å². The number of halogens is 2. The molecule has 0 aliphatic heterocycles. The Morgan fingerprint density at radius 2 is 2.07 bits per heavy atom. The number of hydrogen-bond donors (Lipinski definition) is 2. The molecule has 0 aliphatic carbocycles. The Labute approximate surface area is 188 Å². The number of nitriles is 1. The fraction of sp³-hybridized carbons (Fsp3) is 0.238. The molecular weight excluding hydrogens is 472 g/mol. The molecule has 0 aliphatic rings. The number of nitrogens with one attached hydrogen (secondary N) is 2. The summed E-state index contributed by atoms with van der Waals surface area (Å²) in [4.78, 5) is 25.0. The maximum atomic E-state index is 12.5. The zero-order chi connectivity index (χ0) is 22.1. The van der Waals surface area contributed by atoms with Crippen LogP contribution in [0, 0.1) is 17.2 Å². The molecule has 0 saturated heterocycles. The number of benzene rings is 2. The highest BCUT2D eigenvalue weighted by Gasteiger charge is 2.24. The summed E-state index contributed by atoms with van der Waals surface area (Å²) in [5.41, 5.74) is 3.52. The lowest BCUT2D eigenvalue weighted by Crippen LogP contribution is -2.48. The third-order valence-electron chi connectivity index (χ3n) is 3.96. The standard InChI is InChI=1S/C21H20BrClN4O3/c1-13(2)19(26-20(28)15-4-3-5-16(23)11-15)21(29)27-25-12-14-6-7-18(17(22)10-14)30-9-8-24/h3-7,10-13,19H,9H2,1-2H3,(H,26,28)(H,27,29)/b25-12-. The Bertz CT molecular complexity index is 988. The normalized spacial score (nSPS) is 11.7. The van der Waals surface area contributed by atoms with Crippen molar-refractivity contribution in [3.63, 3.8) is 0 Å². The van der Waals surface area contributed by atoms with E-state index in [0.717, 1.165) is 0 Å². The van der Waals surface area contributed by atoms with Gasteiger partial charge in [0.25, 0.3) is 11.8 Å². The van der Waals surface area contributed by atoms with E-state index in [4.69, 9.17) is 21.6 Å². The van der Waals surface area contributed by atoms with Gasteiger partial charge in [0.05, 0.1) is 10.7 Å². The van der Waals surface area contributed by atoms with Crippen LogP contribution in [0.4, 0.5) is 0 Å². The van der Waals surface area contributed by atoms with Crippen LogP contribution in [-0.4, -0.2) is 30.7 Å². The minimum Gasteiger partial charge on any atom is -0.478 e. The van der Waals surface area contributed by atoms with Crippen LogP contribution in [0.25, 0.3) is 0 Å². The van der Waals surface area contributed by atoms with Gasteiger partial charge in [0.15, 0.2) is 6.61 Å². The molecule has 156 valence electrons. The van der Waals surface area contributed by atoms with Crippen molar-refractivity contribution in [3.05, 3.63) is 63.1 Å². The van der Waals surface area contributed by atoms with Crippen molar-refractivity contribution < 1.29 is 14.3 Å². The fourth-order valence-electron chi connectivity index (χ4n) is 2.45. The summed E-state index contributed by atoms with van der Waals surface area (Å²) in [6.07, 6.45) is 1.47. The first kappa shape index (κ1) is 23.4. The Balaban J connectivity index is 2.00. The van der Waals surface area contributed by atoms with Gasteiger partial charge in [-0.15, -0.1) is 0 Å². The number of hydrazone groups is 1. The lowest BCUT2D eigenvalue weighted by atomic mass is 10.0.